The Balaban J connectivity index is 1.62. The average Bonchev–Trinajstić information content (AvgIpc) is 3.00. The van der Waals surface area contributed by atoms with E-state index in [2.05, 4.69) is 10.2 Å². The van der Waals surface area contributed by atoms with Crippen molar-refractivity contribution < 1.29 is 0 Å². The van der Waals surface area contributed by atoms with E-state index in [0.29, 0.717) is 0 Å². The SMILES string of the molecule is C1CCC(N(C[C@@H]2CCCN2)C2CCCCC2)CC1. The second-order valence-electron chi connectivity index (χ2n) is 7.07. The van der Waals surface area contributed by atoms with Gasteiger partial charge in [-0.05, 0) is 45.1 Å². The van der Waals surface area contributed by atoms with Crippen LogP contribution < -0.4 is 5.32 Å². The Bertz CT molecular complexity index is 230. The summed E-state index contributed by atoms with van der Waals surface area (Å²) in [6.45, 7) is 2.60. The van der Waals surface area contributed by atoms with Crippen LogP contribution in [-0.2, 0) is 0 Å². The summed E-state index contributed by atoms with van der Waals surface area (Å²) in [5, 5.41) is 3.72. The van der Waals surface area contributed by atoms with E-state index in [4.69, 9.17) is 0 Å². The molecule has 19 heavy (non-hydrogen) atoms. The van der Waals surface area contributed by atoms with Crippen LogP contribution in [0.3, 0.4) is 0 Å². The van der Waals surface area contributed by atoms with Gasteiger partial charge in [-0.1, -0.05) is 38.5 Å². The molecule has 2 heteroatoms. The van der Waals surface area contributed by atoms with E-state index in [9.17, 15) is 0 Å². The first-order valence-electron chi connectivity index (χ1n) is 8.92. The molecule has 0 aromatic heterocycles. The van der Waals surface area contributed by atoms with E-state index >= 15 is 0 Å². The van der Waals surface area contributed by atoms with E-state index in [1.54, 1.807) is 0 Å². The van der Waals surface area contributed by atoms with Crippen molar-refractivity contribution in [2.24, 2.45) is 0 Å². The lowest BCUT2D eigenvalue weighted by molar-refractivity contribution is 0.0724. The van der Waals surface area contributed by atoms with Crippen molar-refractivity contribution in [1.29, 1.82) is 0 Å². The monoisotopic (exact) mass is 264 g/mol. The summed E-state index contributed by atoms with van der Waals surface area (Å²) >= 11 is 0. The van der Waals surface area contributed by atoms with Crippen LogP contribution in [0.4, 0.5) is 0 Å². The van der Waals surface area contributed by atoms with Gasteiger partial charge in [0, 0.05) is 24.7 Å². The Labute approximate surface area is 119 Å². The van der Waals surface area contributed by atoms with E-state index < -0.39 is 0 Å². The first kappa shape index (κ1) is 13.9. The van der Waals surface area contributed by atoms with Crippen molar-refractivity contribution in [3.05, 3.63) is 0 Å². The molecule has 0 aromatic carbocycles. The highest BCUT2D eigenvalue weighted by Gasteiger charge is 2.31. The molecule has 0 aromatic rings. The molecular weight excluding hydrogens is 232 g/mol. The molecule has 1 N–H and O–H groups in total. The van der Waals surface area contributed by atoms with E-state index in [1.165, 1.54) is 90.1 Å². The summed E-state index contributed by atoms with van der Waals surface area (Å²) in [5.74, 6) is 0. The molecule has 2 saturated carbocycles. The summed E-state index contributed by atoms with van der Waals surface area (Å²) < 4.78 is 0. The topological polar surface area (TPSA) is 15.3 Å². The minimum atomic E-state index is 0.795. The fourth-order valence-corrected chi connectivity index (χ4v) is 4.59. The van der Waals surface area contributed by atoms with Gasteiger partial charge >= 0.3 is 0 Å². The molecule has 0 unspecified atom stereocenters. The summed E-state index contributed by atoms with van der Waals surface area (Å²) in [6, 6.07) is 2.63. The van der Waals surface area contributed by atoms with Crippen LogP contribution in [-0.4, -0.2) is 36.1 Å². The maximum atomic E-state index is 3.72. The molecule has 0 amide bonds. The molecule has 3 fully saturated rings. The minimum absolute atomic E-state index is 0.795. The molecule has 0 radical (unpaired) electrons. The summed E-state index contributed by atoms with van der Waals surface area (Å²) in [5.41, 5.74) is 0. The molecule has 1 aliphatic heterocycles. The van der Waals surface area contributed by atoms with Crippen LogP contribution >= 0.6 is 0 Å². The fourth-order valence-electron chi connectivity index (χ4n) is 4.59. The van der Waals surface area contributed by atoms with E-state index in [-0.39, 0.29) is 0 Å². The van der Waals surface area contributed by atoms with Crippen molar-refractivity contribution in [3.63, 3.8) is 0 Å². The Hall–Kier alpha value is -0.0800. The summed E-state index contributed by atoms with van der Waals surface area (Å²) in [4.78, 5) is 2.96. The second kappa shape index (κ2) is 7.08. The van der Waals surface area contributed by atoms with Gasteiger partial charge in [-0.25, -0.2) is 0 Å². The highest BCUT2D eigenvalue weighted by molar-refractivity contribution is 4.88. The van der Waals surface area contributed by atoms with Crippen molar-refractivity contribution in [3.8, 4) is 0 Å². The van der Waals surface area contributed by atoms with Gasteiger partial charge in [0.15, 0.2) is 0 Å². The van der Waals surface area contributed by atoms with Crippen LogP contribution in [0.5, 0.6) is 0 Å². The zero-order chi connectivity index (χ0) is 12.9. The first-order chi connectivity index (χ1) is 9.43. The van der Waals surface area contributed by atoms with Gasteiger partial charge < -0.3 is 5.32 Å². The van der Waals surface area contributed by atoms with E-state index in [1.807, 2.05) is 0 Å². The molecule has 1 atom stereocenters. The smallest absolute Gasteiger partial charge is 0.0195 e. The van der Waals surface area contributed by atoms with Crippen LogP contribution in [0.2, 0.25) is 0 Å². The molecule has 3 rings (SSSR count). The van der Waals surface area contributed by atoms with Gasteiger partial charge in [0.2, 0.25) is 0 Å². The molecule has 3 aliphatic rings. The third-order valence-electron chi connectivity index (χ3n) is 5.68. The lowest BCUT2D eigenvalue weighted by Crippen LogP contribution is -2.50. The largest absolute Gasteiger partial charge is 0.313 e. The lowest BCUT2D eigenvalue weighted by atomic mass is 9.88. The molecule has 2 nitrogen and oxygen atoms in total. The normalized spacial score (nSPS) is 31.1. The van der Waals surface area contributed by atoms with Crippen LogP contribution in [0.15, 0.2) is 0 Å². The summed E-state index contributed by atoms with van der Waals surface area (Å²) in [7, 11) is 0. The Morgan fingerprint density at radius 2 is 1.26 bits per heavy atom. The van der Waals surface area contributed by atoms with Crippen LogP contribution in [0.1, 0.15) is 77.0 Å². The molecule has 1 heterocycles. The lowest BCUT2D eigenvalue weighted by Gasteiger charge is -2.43. The van der Waals surface area contributed by atoms with Crippen LogP contribution in [0, 0.1) is 0 Å². The van der Waals surface area contributed by atoms with Gasteiger partial charge in [-0.2, -0.15) is 0 Å². The first-order valence-corrected chi connectivity index (χ1v) is 8.92. The van der Waals surface area contributed by atoms with Gasteiger partial charge in [0.25, 0.3) is 0 Å². The number of hydrogen-bond acceptors (Lipinski definition) is 2. The highest BCUT2D eigenvalue weighted by atomic mass is 15.2. The standard InChI is InChI=1S/C17H32N2/c1-3-9-16(10-4-1)19(14-15-8-7-13-18-15)17-11-5-2-6-12-17/h15-18H,1-14H2/t15-/m0/s1. The van der Waals surface area contributed by atoms with Gasteiger partial charge in [-0.15, -0.1) is 0 Å². The van der Waals surface area contributed by atoms with Crippen molar-refractivity contribution >= 4 is 0 Å². The molecule has 0 bridgehead atoms. The van der Waals surface area contributed by atoms with Gasteiger partial charge in [-0.3, -0.25) is 4.90 Å². The number of nitrogens with one attached hydrogen (secondary N) is 1. The third-order valence-corrected chi connectivity index (χ3v) is 5.68. The third kappa shape index (κ3) is 3.72. The van der Waals surface area contributed by atoms with Crippen molar-refractivity contribution in [2.75, 3.05) is 13.1 Å². The molecule has 0 spiro atoms. The maximum Gasteiger partial charge on any atom is 0.0195 e. The zero-order valence-corrected chi connectivity index (χ0v) is 12.6. The van der Waals surface area contributed by atoms with Crippen molar-refractivity contribution in [1.82, 2.24) is 10.2 Å². The Kier molecular flexibility index (Phi) is 5.17. The summed E-state index contributed by atoms with van der Waals surface area (Å²) in [6.07, 6.45) is 17.6. The Morgan fingerprint density at radius 1 is 0.684 bits per heavy atom. The second-order valence-corrected chi connectivity index (χ2v) is 7.07. The maximum absolute atomic E-state index is 3.72. The average molecular weight is 264 g/mol. The zero-order valence-electron chi connectivity index (χ0n) is 12.6. The number of hydrogen-bond donors (Lipinski definition) is 1. The minimum Gasteiger partial charge on any atom is -0.313 e. The van der Waals surface area contributed by atoms with Gasteiger partial charge in [0.05, 0.1) is 0 Å². The highest BCUT2D eigenvalue weighted by Crippen LogP contribution is 2.30. The fraction of sp³-hybridized carbons (Fsp3) is 1.00. The predicted molar refractivity (Wildman–Crippen MR) is 81.5 cm³/mol. The molecule has 1 saturated heterocycles. The number of nitrogens with zero attached hydrogens (tertiary/aromatic N) is 1. The number of rotatable bonds is 4. The van der Waals surface area contributed by atoms with Crippen molar-refractivity contribution in [2.45, 2.75) is 95.2 Å². The molecular formula is C17H32N2. The van der Waals surface area contributed by atoms with Gasteiger partial charge in [0.1, 0.15) is 0 Å². The van der Waals surface area contributed by atoms with Crippen LogP contribution in [0.25, 0.3) is 0 Å². The quantitative estimate of drug-likeness (QED) is 0.833. The van der Waals surface area contributed by atoms with E-state index in [0.717, 1.165) is 18.1 Å². The molecule has 110 valence electrons. The molecule has 2 aliphatic carbocycles. The predicted octanol–water partition coefficient (Wildman–Crippen LogP) is 3.71. The Morgan fingerprint density at radius 3 is 1.74 bits per heavy atom.